The molecule has 0 aromatic heterocycles. The van der Waals surface area contributed by atoms with Gasteiger partial charge in [-0.1, -0.05) is 35.9 Å². The minimum absolute atomic E-state index is 0.409. The zero-order valence-corrected chi connectivity index (χ0v) is 20.2. The summed E-state index contributed by atoms with van der Waals surface area (Å²) < 4.78 is 20.9. The summed E-state index contributed by atoms with van der Waals surface area (Å²) >= 11 is 6.41. The molecule has 0 bridgehead atoms. The van der Waals surface area contributed by atoms with Gasteiger partial charge in [-0.2, -0.15) is 0 Å². The molecule has 0 spiro atoms. The van der Waals surface area contributed by atoms with Crippen LogP contribution in [0.5, 0.6) is 5.75 Å². The normalized spacial score (nSPS) is 24.0. The predicted molar refractivity (Wildman–Crippen MR) is 125 cm³/mol. The summed E-state index contributed by atoms with van der Waals surface area (Å²) in [6, 6.07) is 12.7. The Bertz CT molecular complexity index is 1010. The first-order chi connectivity index (χ1) is 16.7. The number of rotatable bonds is 9. The minimum atomic E-state index is -1.55. The van der Waals surface area contributed by atoms with Crippen LogP contribution in [0.4, 0.5) is 0 Å². The Morgan fingerprint density at radius 1 is 1.00 bits per heavy atom. The maximum atomic E-state index is 11.7. The highest BCUT2D eigenvalue weighted by Gasteiger charge is 2.44. The van der Waals surface area contributed by atoms with Crippen LogP contribution in [0.15, 0.2) is 42.5 Å². The van der Waals surface area contributed by atoms with Crippen molar-refractivity contribution >= 4 is 23.5 Å². The van der Waals surface area contributed by atoms with Gasteiger partial charge in [-0.3, -0.25) is 4.79 Å². The van der Waals surface area contributed by atoms with Crippen LogP contribution >= 0.6 is 11.6 Å². The van der Waals surface area contributed by atoms with Gasteiger partial charge in [-0.25, -0.2) is 4.79 Å². The predicted octanol–water partition coefficient (Wildman–Crippen LogP) is 1.96. The second-order valence-corrected chi connectivity index (χ2v) is 8.54. The Morgan fingerprint density at radius 2 is 1.71 bits per heavy atom. The topological polar surface area (TPSA) is 132 Å². The molecule has 0 saturated carbocycles. The molecule has 35 heavy (non-hydrogen) atoms. The first-order valence-electron chi connectivity index (χ1n) is 11.2. The van der Waals surface area contributed by atoms with Crippen LogP contribution in [0.3, 0.4) is 0 Å². The standard InChI is InChI=1S/C25H29ClO9/c1-3-32-18-7-4-15(5-8-18)10-17-11-16(6-9-19(17)26)25-24(31)23(30)22(29)20(35-25)12-34-21(28)13-33-14(2)27/h4-9,11,20,22-25,29-31H,3,10,12-13H2,1-2H3/t20-,22-,23+,24+,25+/m1/s1. The molecule has 10 heteroatoms. The molecular formula is C25H29ClO9. The van der Waals surface area contributed by atoms with E-state index in [1.165, 1.54) is 0 Å². The van der Waals surface area contributed by atoms with E-state index in [4.69, 9.17) is 25.8 Å². The second-order valence-electron chi connectivity index (χ2n) is 8.13. The Hall–Kier alpha value is -2.69. The average Bonchev–Trinajstić information content (AvgIpc) is 2.83. The van der Waals surface area contributed by atoms with Gasteiger partial charge >= 0.3 is 11.9 Å². The van der Waals surface area contributed by atoms with Crippen molar-refractivity contribution in [2.45, 2.75) is 50.8 Å². The van der Waals surface area contributed by atoms with Crippen molar-refractivity contribution in [3.63, 3.8) is 0 Å². The van der Waals surface area contributed by atoms with E-state index < -0.39 is 55.7 Å². The molecule has 3 N–H and O–H groups in total. The van der Waals surface area contributed by atoms with E-state index in [1.54, 1.807) is 18.2 Å². The van der Waals surface area contributed by atoms with Crippen LogP contribution in [-0.4, -0.2) is 71.5 Å². The zero-order valence-electron chi connectivity index (χ0n) is 19.4. The zero-order chi connectivity index (χ0) is 25.5. The highest BCUT2D eigenvalue weighted by atomic mass is 35.5. The Morgan fingerprint density at radius 3 is 2.37 bits per heavy atom. The van der Waals surface area contributed by atoms with Gasteiger partial charge in [-0.05, 0) is 48.2 Å². The van der Waals surface area contributed by atoms with Crippen LogP contribution in [0.1, 0.15) is 36.6 Å². The molecule has 2 aromatic rings. The van der Waals surface area contributed by atoms with Gasteiger partial charge in [0.1, 0.15) is 42.9 Å². The van der Waals surface area contributed by atoms with Gasteiger partial charge in [-0.15, -0.1) is 0 Å². The fraction of sp³-hybridized carbons (Fsp3) is 0.440. The molecule has 9 nitrogen and oxygen atoms in total. The first kappa shape index (κ1) is 26.9. The molecule has 0 amide bonds. The number of esters is 2. The summed E-state index contributed by atoms with van der Waals surface area (Å²) in [5, 5.41) is 31.8. The number of hydrogen-bond acceptors (Lipinski definition) is 9. The maximum Gasteiger partial charge on any atom is 0.344 e. The molecule has 0 unspecified atom stereocenters. The maximum absolute atomic E-state index is 11.7. The van der Waals surface area contributed by atoms with E-state index in [0.29, 0.717) is 23.6 Å². The van der Waals surface area contributed by atoms with E-state index in [9.17, 15) is 24.9 Å². The second kappa shape index (κ2) is 12.3. The molecule has 1 saturated heterocycles. The average molecular weight is 509 g/mol. The molecule has 2 aromatic carbocycles. The van der Waals surface area contributed by atoms with Crippen LogP contribution in [0, 0.1) is 0 Å². The molecule has 1 fully saturated rings. The van der Waals surface area contributed by atoms with Crippen LogP contribution in [0.25, 0.3) is 0 Å². The fourth-order valence-electron chi connectivity index (χ4n) is 3.74. The number of hydrogen-bond donors (Lipinski definition) is 3. The third-order valence-electron chi connectivity index (χ3n) is 5.54. The summed E-state index contributed by atoms with van der Waals surface area (Å²) in [5.41, 5.74) is 2.30. The van der Waals surface area contributed by atoms with Crippen molar-refractivity contribution in [1.82, 2.24) is 0 Å². The molecule has 3 rings (SSSR count). The first-order valence-corrected chi connectivity index (χ1v) is 11.6. The molecule has 1 aliphatic heterocycles. The quantitative estimate of drug-likeness (QED) is 0.435. The number of aliphatic hydroxyl groups excluding tert-OH is 3. The lowest BCUT2D eigenvalue weighted by molar-refractivity contribution is -0.235. The van der Waals surface area contributed by atoms with Crippen molar-refractivity contribution in [1.29, 1.82) is 0 Å². The number of carbonyl (C=O) groups is 2. The SMILES string of the molecule is CCOc1ccc(Cc2cc([C@@H]3O[C@H](COC(=O)COC(C)=O)[C@@H](O)[C@H](O)[C@@H]3O)ccc2Cl)cc1. The van der Waals surface area contributed by atoms with Gasteiger partial charge in [0.2, 0.25) is 0 Å². The molecule has 0 radical (unpaired) electrons. The monoisotopic (exact) mass is 508 g/mol. The third-order valence-corrected chi connectivity index (χ3v) is 5.91. The lowest BCUT2D eigenvalue weighted by Gasteiger charge is -2.40. The fourth-order valence-corrected chi connectivity index (χ4v) is 3.92. The Kier molecular flexibility index (Phi) is 9.47. The van der Waals surface area contributed by atoms with Crippen LogP contribution < -0.4 is 4.74 Å². The van der Waals surface area contributed by atoms with E-state index in [2.05, 4.69) is 4.74 Å². The molecule has 5 atom stereocenters. The van der Waals surface area contributed by atoms with Gasteiger partial charge in [0.05, 0.1) is 6.61 Å². The van der Waals surface area contributed by atoms with E-state index in [-0.39, 0.29) is 0 Å². The van der Waals surface area contributed by atoms with Crippen molar-refractivity contribution < 1.29 is 43.9 Å². The van der Waals surface area contributed by atoms with E-state index in [1.807, 2.05) is 31.2 Å². The van der Waals surface area contributed by atoms with Crippen LogP contribution in [0.2, 0.25) is 5.02 Å². The van der Waals surface area contributed by atoms with Crippen LogP contribution in [-0.2, 0) is 30.2 Å². The van der Waals surface area contributed by atoms with Gasteiger partial charge < -0.3 is 34.3 Å². The van der Waals surface area contributed by atoms with E-state index in [0.717, 1.165) is 23.8 Å². The summed E-state index contributed by atoms with van der Waals surface area (Å²) in [6.45, 7) is 2.64. The number of carbonyl (C=O) groups excluding carboxylic acids is 2. The summed E-state index contributed by atoms with van der Waals surface area (Å²) in [7, 11) is 0. The molecular weight excluding hydrogens is 480 g/mol. The molecule has 190 valence electrons. The van der Waals surface area contributed by atoms with Crippen molar-refractivity contribution in [2.75, 3.05) is 19.8 Å². The number of ether oxygens (including phenoxy) is 4. The molecule has 1 aliphatic rings. The summed E-state index contributed by atoms with van der Waals surface area (Å²) in [6.07, 6.45) is -6.11. The lowest BCUT2D eigenvalue weighted by atomic mass is 9.90. The molecule has 0 aliphatic carbocycles. The van der Waals surface area contributed by atoms with Crippen molar-refractivity contribution in [2.24, 2.45) is 0 Å². The Balaban J connectivity index is 1.73. The minimum Gasteiger partial charge on any atom is -0.494 e. The largest absolute Gasteiger partial charge is 0.494 e. The summed E-state index contributed by atoms with van der Waals surface area (Å²) in [5.74, 6) is -0.711. The smallest absolute Gasteiger partial charge is 0.344 e. The summed E-state index contributed by atoms with van der Waals surface area (Å²) in [4.78, 5) is 22.6. The van der Waals surface area contributed by atoms with Crippen molar-refractivity contribution in [3.05, 3.63) is 64.2 Å². The van der Waals surface area contributed by atoms with Gasteiger partial charge in [0.25, 0.3) is 0 Å². The van der Waals surface area contributed by atoms with Crippen molar-refractivity contribution in [3.8, 4) is 5.75 Å². The number of benzene rings is 2. The highest BCUT2D eigenvalue weighted by molar-refractivity contribution is 6.31. The third kappa shape index (κ3) is 7.16. The van der Waals surface area contributed by atoms with E-state index >= 15 is 0 Å². The Labute approximate surface area is 208 Å². The lowest BCUT2D eigenvalue weighted by Crippen LogP contribution is -2.55. The highest BCUT2D eigenvalue weighted by Crippen LogP contribution is 2.34. The number of aliphatic hydroxyl groups is 3. The van der Waals surface area contributed by atoms with Gasteiger partial charge in [0, 0.05) is 11.9 Å². The van der Waals surface area contributed by atoms with Gasteiger partial charge in [0.15, 0.2) is 6.61 Å². The number of halogens is 1. The molecule has 1 heterocycles.